The third-order valence-corrected chi connectivity index (χ3v) is 2.75. The summed E-state index contributed by atoms with van der Waals surface area (Å²) in [6.45, 7) is 4.93. The zero-order valence-corrected chi connectivity index (χ0v) is 14.8. The Labute approximate surface area is 140 Å². The van der Waals surface area contributed by atoms with Gasteiger partial charge >= 0.3 is 5.97 Å². The molecule has 0 saturated heterocycles. The number of hydrogen-bond donors (Lipinski definition) is 0. The number of unbranched alkanes of at least 4 members (excludes halogenated alkanes) is 7. The molecule has 0 rings (SSSR count). The molecule has 0 radical (unpaired) electrons. The van der Waals surface area contributed by atoms with E-state index >= 15 is 0 Å². The SMILES string of the molecule is CCCCCCCCCC(=O)OCCCC.[Nd]. The van der Waals surface area contributed by atoms with Crippen LogP contribution in [0.25, 0.3) is 0 Å². The van der Waals surface area contributed by atoms with Crippen LogP contribution in [0.1, 0.15) is 78.1 Å². The summed E-state index contributed by atoms with van der Waals surface area (Å²) in [4.78, 5) is 11.2. The zero-order valence-electron chi connectivity index (χ0n) is 11.6. The Morgan fingerprint density at radius 1 is 0.824 bits per heavy atom. The Morgan fingerprint density at radius 3 is 1.94 bits per heavy atom. The van der Waals surface area contributed by atoms with Crippen LogP contribution in [0.4, 0.5) is 0 Å². The molecule has 0 aliphatic carbocycles. The minimum Gasteiger partial charge on any atom is -0.466 e. The van der Waals surface area contributed by atoms with Gasteiger partial charge in [-0.3, -0.25) is 4.79 Å². The minimum atomic E-state index is -0.0120. The number of rotatable bonds is 11. The molecule has 3 heteroatoms. The molecule has 0 heterocycles. The van der Waals surface area contributed by atoms with E-state index in [9.17, 15) is 4.79 Å². The van der Waals surface area contributed by atoms with Crippen LogP contribution >= 0.6 is 0 Å². The molecule has 0 aromatic carbocycles. The second-order valence-corrected chi connectivity index (χ2v) is 4.45. The Hall–Kier alpha value is 0.821. The van der Waals surface area contributed by atoms with E-state index in [1.807, 2.05) is 0 Å². The van der Waals surface area contributed by atoms with Crippen LogP contribution in [0.2, 0.25) is 0 Å². The number of carbonyl (C=O) groups excluding carboxylic acids is 1. The Bertz CT molecular complexity index is 160. The van der Waals surface area contributed by atoms with Crippen molar-refractivity contribution in [3.8, 4) is 0 Å². The summed E-state index contributed by atoms with van der Waals surface area (Å²) in [5.74, 6) is -0.0120. The average molecular weight is 373 g/mol. The molecule has 0 N–H and O–H groups in total. The summed E-state index contributed by atoms with van der Waals surface area (Å²) in [6.07, 6.45) is 11.4. The normalized spacial score (nSPS) is 9.76. The molecule has 0 spiro atoms. The van der Waals surface area contributed by atoms with Crippen LogP contribution in [-0.4, -0.2) is 12.6 Å². The first kappa shape index (κ1) is 20.1. The maximum atomic E-state index is 11.2. The monoisotopic (exact) mass is 370 g/mol. The molecule has 100 valence electrons. The average Bonchev–Trinajstić information content (AvgIpc) is 2.28. The Balaban J connectivity index is 0. The van der Waals surface area contributed by atoms with Gasteiger partial charge in [-0.1, -0.05) is 58.8 Å². The third-order valence-electron chi connectivity index (χ3n) is 2.75. The van der Waals surface area contributed by atoms with Gasteiger partial charge in [0.2, 0.25) is 0 Å². The van der Waals surface area contributed by atoms with E-state index in [-0.39, 0.29) is 46.8 Å². The van der Waals surface area contributed by atoms with E-state index in [1.165, 1.54) is 38.5 Å². The molecule has 0 atom stereocenters. The van der Waals surface area contributed by atoms with E-state index in [1.54, 1.807) is 0 Å². The summed E-state index contributed by atoms with van der Waals surface area (Å²) in [5.41, 5.74) is 0. The molecular formula is C14H28NdO2. The standard InChI is InChI=1S/C14H28O2.Nd/c1-3-5-7-8-9-10-11-12-14(15)16-13-6-4-2;/h3-13H2,1-2H3;. The quantitative estimate of drug-likeness (QED) is 0.395. The fraction of sp³-hybridized carbons (Fsp3) is 0.929. The van der Waals surface area contributed by atoms with Crippen LogP contribution in [-0.2, 0) is 9.53 Å². The van der Waals surface area contributed by atoms with Crippen molar-refractivity contribution in [1.29, 1.82) is 0 Å². The minimum absolute atomic E-state index is 0. The van der Waals surface area contributed by atoms with Crippen LogP contribution < -0.4 is 0 Å². The van der Waals surface area contributed by atoms with Gasteiger partial charge in [0.15, 0.2) is 0 Å². The van der Waals surface area contributed by atoms with E-state index in [4.69, 9.17) is 4.74 Å². The first-order chi connectivity index (χ1) is 7.81. The van der Waals surface area contributed by atoms with Gasteiger partial charge in [0, 0.05) is 47.3 Å². The van der Waals surface area contributed by atoms with Crippen molar-refractivity contribution in [3.05, 3.63) is 0 Å². The molecule has 0 amide bonds. The predicted molar refractivity (Wildman–Crippen MR) is 68.5 cm³/mol. The molecule has 0 aromatic rings. The van der Waals surface area contributed by atoms with Gasteiger partial charge in [-0.05, 0) is 12.8 Å². The molecule has 0 bridgehead atoms. The maximum absolute atomic E-state index is 11.2. The van der Waals surface area contributed by atoms with Crippen LogP contribution in [0, 0.1) is 40.8 Å². The summed E-state index contributed by atoms with van der Waals surface area (Å²) >= 11 is 0. The number of carbonyl (C=O) groups is 1. The van der Waals surface area contributed by atoms with Gasteiger partial charge in [-0.2, -0.15) is 0 Å². The number of hydrogen-bond acceptors (Lipinski definition) is 2. The van der Waals surface area contributed by atoms with E-state index < -0.39 is 0 Å². The van der Waals surface area contributed by atoms with Crippen molar-refractivity contribution in [2.24, 2.45) is 0 Å². The summed E-state index contributed by atoms with van der Waals surface area (Å²) in [7, 11) is 0. The predicted octanol–water partition coefficient (Wildman–Crippen LogP) is 4.47. The smallest absolute Gasteiger partial charge is 0.305 e. The summed E-state index contributed by atoms with van der Waals surface area (Å²) in [5, 5.41) is 0. The molecule has 0 aliphatic rings. The van der Waals surface area contributed by atoms with E-state index in [0.29, 0.717) is 13.0 Å². The Morgan fingerprint density at radius 2 is 1.35 bits per heavy atom. The molecule has 0 fully saturated rings. The first-order valence-electron chi connectivity index (χ1n) is 6.96. The second kappa shape index (κ2) is 16.8. The maximum Gasteiger partial charge on any atom is 0.305 e. The molecular weight excluding hydrogens is 344 g/mol. The van der Waals surface area contributed by atoms with Crippen LogP contribution in [0.15, 0.2) is 0 Å². The van der Waals surface area contributed by atoms with Gasteiger partial charge in [0.1, 0.15) is 0 Å². The van der Waals surface area contributed by atoms with E-state index in [0.717, 1.165) is 19.3 Å². The van der Waals surface area contributed by atoms with Gasteiger partial charge in [0.25, 0.3) is 0 Å². The molecule has 0 unspecified atom stereocenters. The molecule has 0 aromatic heterocycles. The van der Waals surface area contributed by atoms with Crippen molar-refractivity contribution in [1.82, 2.24) is 0 Å². The fourth-order valence-corrected chi connectivity index (χ4v) is 1.63. The molecule has 2 nitrogen and oxygen atoms in total. The van der Waals surface area contributed by atoms with Crippen molar-refractivity contribution in [2.45, 2.75) is 78.1 Å². The van der Waals surface area contributed by atoms with E-state index in [2.05, 4.69) is 13.8 Å². The van der Waals surface area contributed by atoms with Crippen molar-refractivity contribution >= 4 is 5.97 Å². The topological polar surface area (TPSA) is 26.3 Å². The number of esters is 1. The second-order valence-electron chi connectivity index (χ2n) is 4.45. The summed E-state index contributed by atoms with van der Waals surface area (Å²) < 4.78 is 5.09. The molecule has 17 heavy (non-hydrogen) atoms. The zero-order chi connectivity index (χ0) is 12.1. The third kappa shape index (κ3) is 16.8. The van der Waals surface area contributed by atoms with Gasteiger partial charge < -0.3 is 4.74 Å². The van der Waals surface area contributed by atoms with Crippen molar-refractivity contribution in [3.63, 3.8) is 0 Å². The first-order valence-corrected chi connectivity index (χ1v) is 6.96. The van der Waals surface area contributed by atoms with Crippen molar-refractivity contribution < 1.29 is 50.4 Å². The van der Waals surface area contributed by atoms with Gasteiger partial charge in [-0.15, -0.1) is 0 Å². The Kier molecular flexibility index (Phi) is 19.9. The van der Waals surface area contributed by atoms with Crippen molar-refractivity contribution in [2.75, 3.05) is 6.61 Å². The van der Waals surface area contributed by atoms with Gasteiger partial charge in [0.05, 0.1) is 6.61 Å². The molecule has 0 saturated carbocycles. The van der Waals surface area contributed by atoms with Crippen LogP contribution in [0.3, 0.4) is 0 Å². The fourth-order valence-electron chi connectivity index (χ4n) is 1.63. The van der Waals surface area contributed by atoms with Gasteiger partial charge in [-0.25, -0.2) is 0 Å². The largest absolute Gasteiger partial charge is 0.466 e. The number of ether oxygens (including phenoxy) is 1. The van der Waals surface area contributed by atoms with Crippen LogP contribution in [0.5, 0.6) is 0 Å². The summed E-state index contributed by atoms with van der Waals surface area (Å²) in [6, 6.07) is 0. The molecule has 0 aliphatic heterocycles.